The second-order valence-electron chi connectivity index (χ2n) is 8.21. The molecule has 0 amide bonds. The summed E-state index contributed by atoms with van der Waals surface area (Å²) in [6.07, 6.45) is 5.29. The number of piperidine rings is 1. The fourth-order valence-electron chi connectivity index (χ4n) is 3.92. The monoisotopic (exact) mass is 305 g/mol. The van der Waals surface area contributed by atoms with Crippen LogP contribution in [-0.4, -0.2) is 35.6 Å². The Balaban J connectivity index is 1.70. The highest BCUT2D eigenvalue weighted by molar-refractivity contribution is 7.09. The first kappa shape index (κ1) is 14.2. The second kappa shape index (κ2) is 4.77. The molecule has 3 fully saturated rings. The van der Waals surface area contributed by atoms with Crippen molar-refractivity contribution in [1.82, 2.24) is 15.2 Å². The summed E-state index contributed by atoms with van der Waals surface area (Å²) in [7, 11) is 0. The molecule has 0 spiro atoms. The Bertz CT molecular complexity index is 528. The minimum Gasteiger partial charge on any atom is -0.303 e. The van der Waals surface area contributed by atoms with Gasteiger partial charge in [-0.05, 0) is 38.1 Å². The number of aromatic nitrogens is 1. The van der Waals surface area contributed by atoms with Crippen LogP contribution in [0.15, 0.2) is 5.38 Å². The predicted octanol–water partition coefficient (Wildman–Crippen LogP) is 3.11. The molecule has 2 aliphatic heterocycles. The third kappa shape index (κ3) is 2.45. The van der Waals surface area contributed by atoms with Crippen molar-refractivity contribution in [2.45, 2.75) is 63.5 Å². The van der Waals surface area contributed by atoms with Gasteiger partial charge in [0.05, 0.1) is 11.2 Å². The highest BCUT2D eigenvalue weighted by Crippen LogP contribution is 2.46. The largest absolute Gasteiger partial charge is 0.303 e. The van der Waals surface area contributed by atoms with E-state index in [0.29, 0.717) is 0 Å². The predicted molar refractivity (Wildman–Crippen MR) is 87.8 cm³/mol. The van der Waals surface area contributed by atoms with Gasteiger partial charge >= 0.3 is 0 Å². The van der Waals surface area contributed by atoms with Crippen LogP contribution in [0.25, 0.3) is 0 Å². The van der Waals surface area contributed by atoms with Crippen LogP contribution >= 0.6 is 11.3 Å². The van der Waals surface area contributed by atoms with Gasteiger partial charge in [-0.15, -0.1) is 11.3 Å². The summed E-state index contributed by atoms with van der Waals surface area (Å²) in [5, 5.41) is 7.70. The molecule has 2 bridgehead atoms. The molecule has 2 saturated heterocycles. The number of nitrogens with one attached hydrogen (secondary N) is 1. The van der Waals surface area contributed by atoms with Crippen LogP contribution in [0.5, 0.6) is 0 Å². The maximum Gasteiger partial charge on any atom is 0.113 e. The summed E-state index contributed by atoms with van der Waals surface area (Å²) < 4.78 is 0. The molecule has 3 heterocycles. The molecule has 3 aliphatic rings. The van der Waals surface area contributed by atoms with E-state index in [1.807, 2.05) is 11.3 Å². The third-order valence-corrected chi connectivity index (χ3v) is 6.50. The van der Waals surface area contributed by atoms with E-state index in [1.165, 1.54) is 56.0 Å². The highest BCUT2D eigenvalue weighted by Gasteiger charge is 2.51. The number of thiazole rings is 1. The number of hydrogen-bond donors (Lipinski definition) is 1. The number of rotatable bonds is 3. The lowest BCUT2D eigenvalue weighted by Gasteiger charge is -2.42. The molecule has 1 aromatic rings. The number of nitrogens with zero attached hydrogens (tertiary/aromatic N) is 2. The molecule has 1 aromatic heterocycles. The van der Waals surface area contributed by atoms with Gasteiger partial charge in [0.15, 0.2) is 0 Å². The fourth-order valence-corrected chi connectivity index (χ4v) is 5.24. The van der Waals surface area contributed by atoms with Gasteiger partial charge in [0.1, 0.15) is 5.01 Å². The number of fused-ring (bicyclic) bond motifs is 2. The van der Waals surface area contributed by atoms with E-state index in [-0.39, 0.29) is 11.0 Å². The molecule has 3 unspecified atom stereocenters. The van der Waals surface area contributed by atoms with Crippen LogP contribution in [0, 0.1) is 5.92 Å². The van der Waals surface area contributed by atoms with Crippen LogP contribution in [-0.2, 0) is 11.0 Å². The molecule has 21 heavy (non-hydrogen) atoms. The molecule has 4 rings (SSSR count). The molecule has 1 saturated carbocycles. The quantitative estimate of drug-likeness (QED) is 0.930. The fraction of sp³-hybridized carbons (Fsp3) is 0.824. The summed E-state index contributed by atoms with van der Waals surface area (Å²) in [6, 6.07) is 0.749. The van der Waals surface area contributed by atoms with Crippen molar-refractivity contribution in [3.63, 3.8) is 0 Å². The summed E-state index contributed by atoms with van der Waals surface area (Å²) in [5.41, 5.74) is 1.59. The Morgan fingerprint density at radius 2 is 2.10 bits per heavy atom. The van der Waals surface area contributed by atoms with Gasteiger partial charge < -0.3 is 10.2 Å². The number of hydrogen-bond acceptors (Lipinski definition) is 4. The molecule has 3 nitrogen and oxygen atoms in total. The SMILES string of the molecule is CC(C)(C)c1csc(C2(NC3CC3)CCN3CCC2C3)n1. The molecule has 3 atom stereocenters. The van der Waals surface area contributed by atoms with Crippen LogP contribution in [0.3, 0.4) is 0 Å². The molecule has 1 N–H and O–H groups in total. The molecular formula is C17H27N3S. The van der Waals surface area contributed by atoms with Gasteiger partial charge in [-0.25, -0.2) is 4.98 Å². The van der Waals surface area contributed by atoms with Crippen molar-refractivity contribution < 1.29 is 0 Å². The van der Waals surface area contributed by atoms with E-state index in [9.17, 15) is 0 Å². The average Bonchev–Trinajstić information content (AvgIpc) is 2.95. The first-order valence-electron chi connectivity index (χ1n) is 8.44. The zero-order valence-corrected chi connectivity index (χ0v) is 14.3. The van der Waals surface area contributed by atoms with Crippen LogP contribution in [0.4, 0.5) is 0 Å². The topological polar surface area (TPSA) is 28.2 Å². The lowest BCUT2D eigenvalue weighted by atomic mass is 9.79. The van der Waals surface area contributed by atoms with Gasteiger partial charge in [0.2, 0.25) is 0 Å². The molecule has 4 heteroatoms. The molecule has 0 aromatic carbocycles. The normalized spacial score (nSPS) is 36.1. The summed E-state index contributed by atoms with van der Waals surface area (Å²) in [6.45, 7) is 10.6. The van der Waals surface area contributed by atoms with Gasteiger partial charge in [-0.2, -0.15) is 0 Å². The first-order chi connectivity index (χ1) is 9.97. The van der Waals surface area contributed by atoms with Gasteiger partial charge in [-0.3, -0.25) is 0 Å². The summed E-state index contributed by atoms with van der Waals surface area (Å²) in [4.78, 5) is 7.75. The molecule has 0 radical (unpaired) electrons. The van der Waals surface area contributed by atoms with E-state index in [0.717, 1.165) is 12.0 Å². The van der Waals surface area contributed by atoms with E-state index in [1.54, 1.807) is 0 Å². The minimum absolute atomic E-state index is 0.159. The van der Waals surface area contributed by atoms with E-state index < -0.39 is 0 Å². The van der Waals surface area contributed by atoms with Crippen molar-refractivity contribution in [1.29, 1.82) is 0 Å². The van der Waals surface area contributed by atoms with Gasteiger partial charge in [-0.1, -0.05) is 20.8 Å². The van der Waals surface area contributed by atoms with Crippen LogP contribution in [0.2, 0.25) is 0 Å². The maximum atomic E-state index is 5.11. The smallest absolute Gasteiger partial charge is 0.113 e. The van der Waals surface area contributed by atoms with Crippen molar-refractivity contribution >= 4 is 11.3 Å². The van der Waals surface area contributed by atoms with E-state index in [4.69, 9.17) is 4.98 Å². The second-order valence-corrected chi connectivity index (χ2v) is 9.07. The summed E-state index contributed by atoms with van der Waals surface area (Å²) in [5.74, 6) is 0.755. The Morgan fingerprint density at radius 3 is 2.76 bits per heavy atom. The Hall–Kier alpha value is -0.450. The Kier molecular flexibility index (Phi) is 3.22. The zero-order valence-electron chi connectivity index (χ0n) is 13.5. The summed E-state index contributed by atoms with van der Waals surface area (Å²) >= 11 is 1.90. The zero-order chi connectivity index (χ0) is 14.7. The third-order valence-electron chi connectivity index (χ3n) is 5.48. The van der Waals surface area contributed by atoms with Crippen molar-refractivity contribution in [3.05, 3.63) is 16.1 Å². The average molecular weight is 305 g/mol. The Morgan fingerprint density at radius 1 is 1.29 bits per heavy atom. The van der Waals surface area contributed by atoms with Crippen LogP contribution in [0.1, 0.15) is 57.2 Å². The first-order valence-corrected chi connectivity index (χ1v) is 9.32. The standard InChI is InChI=1S/C17H27N3S/c1-16(2,3)14-11-21-15(18-14)17(19-13-4-5-13)7-9-20-8-6-12(17)10-20/h11-13,19H,4-10H2,1-3H3. The van der Waals surface area contributed by atoms with Crippen molar-refractivity contribution in [2.24, 2.45) is 5.92 Å². The molecular weight excluding hydrogens is 278 g/mol. The van der Waals surface area contributed by atoms with Crippen LogP contribution < -0.4 is 5.32 Å². The minimum atomic E-state index is 0.159. The van der Waals surface area contributed by atoms with Gasteiger partial charge in [0.25, 0.3) is 0 Å². The van der Waals surface area contributed by atoms with Crippen molar-refractivity contribution in [2.75, 3.05) is 19.6 Å². The van der Waals surface area contributed by atoms with E-state index in [2.05, 4.69) is 36.4 Å². The lowest BCUT2D eigenvalue weighted by Crippen LogP contribution is -2.54. The van der Waals surface area contributed by atoms with Gasteiger partial charge in [0, 0.05) is 29.9 Å². The molecule has 1 aliphatic carbocycles. The molecule has 116 valence electrons. The lowest BCUT2D eigenvalue weighted by molar-refractivity contribution is 0.127. The highest BCUT2D eigenvalue weighted by atomic mass is 32.1. The maximum absolute atomic E-state index is 5.11. The van der Waals surface area contributed by atoms with Crippen molar-refractivity contribution in [3.8, 4) is 0 Å². The Labute approximate surface area is 132 Å². The van der Waals surface area contributed by atoms with E-state index >= 15 is 0 Å².